The molecule has 1 fully saturated rings. The van der Waals surface area contributed by atoms with E-state index in [4.69, 9.17) is 20.4 Å². The number of amides is 1. The first-order valence-electron chi connectivity index (χ1n) is 11.3. The number of nitrogens with zero attached hydrogens (tertiary/aromatic N) is 3. The lowest BCUT2D eigenvalue weighted by molar-refractivity contribution is -0.122. The van der Waals surface area contributed by atoms with Crippen LogP contribution in [0, 0.1) is 6.92 Å². The van der Waals surface area contributed by atoms with Gasteiger partial charge in [-0.1, -0.05) is 18.2 Å². The highest BCUT2D eigenvalue weighted by molar-refractivity contribution is 5.81. The number of hydrogen-bond acceptors (Lipinski definition) is 7. The molecular weight excluding hydrogens is 416 g/mol. The van der Waals surface area contributed by atoms with E-state index in [2.05, 4.69) is 15.6 Å². The number of rotatable bonds is 7. The van der Waals surface area contributed by atoms with E-state index in [1.165, 1.54) is 0 Å². The van der Waals surface area contributed by atoms with Crippen molar-refractivity contribution in [2.45, 2.75) is 45.3 Å². The second kappa shape index (κ2) is 10.5. The molecule has 0 aliphatic carbocycles. The third kappa shape index (κ3) is 5.71. The molecule has 0 saturated carbocycles. The fourth-order valence-electron chi connectivity index (χ4n) is 3.78. The summed E-state index contributed by atoms with van der Waals surface area (Å²) >= 11 is 0. The molecule has 1 saturated heterocycles. The van der Waals surface area contributed by atoms with Crippen molar-refractivity contribution in [2.75, 3.05) is 18.5 Å². The maximum atomic E-state index is 11.9. The van der Waals surface area contributed by atoms with Crippen LogP contribution in [0.1, 0.15) is 30.9 Å². The van der Waals surface area contributed by atoms with Crippen LogP contribution in [0.4, 0.5) is 5.82 Å². The molecule has 4 N–H and O–H groups in total. The Morgan fingerprint density at radius 2 is 1.91 bits per heavy atom. The summed E-state index contributed by atoms with van der Waals surface area (Å²) in [6, 6.07) is 11.6. The van der Waals surface area contributed by atoms with Gasteiger partial charge in [0.25, 0.3) is 0 Å². The van der Waals surface area contributed by atoms with Gasteiger partial charge in [0.15, 0.2) is 5.82 Å². The zero-order valence-corrected chi connectivity index (χ0v) is 19.0. The Morgan fingerprint density at radius 1 is 1.15 bits per heavy atom. The molecule has 2 aromatic heterocycles. The van der Waals surface area contributed by atoms with Crippen molar-refractivity contribution < 1.29 is 9.53 Å². The van der Waals surface area contributed by atoms with E-state index in [1.807, 2.05) is 43.3 Å². The number of carbonyl (C=O) groups excluding carboxylic acids is 1. The third-order valence-electron chi connectivity index (χ3n) is 5.73. The van der Waals surface area contributed by atoms with Crippen LogP contribution >= 0.6 is 0 Å². The van der Waals surface area contributed by atoms with Crippen LogP contribution < -0.4 is 16.4 Å². The number of carbonyl (C=O) groups is 1. The van der Waals surface area contributed by atoms with Gasteiger partial charge in [0.05, 0.1) is 11.7 Å². The van der Waals surface area contributed by atoms with E-state index < -0.39 is 6.04 Å². The number of pyridine rings is 1. The Bertz CT molecular complexity index is 1100. The summed E-state index contributed by atoms with van der Waals surface area (Å²) in [7, 11) is 0. The highest BCUT2D eigenvalue weighted by atomic mass is 16.5. The van der Waals surface area contributed by atoms with Crippen LogP contribution in [-0.2, 0) is 16.1 Å². The van der Waals surface area contributed by atoms with Gasteiger partial charge in [-0.3, -0.25) is 9.78 Å². The second-order valence-corrected chi connectivity index (χ2v) is 8.34. The first-order valence-corrected chi connectivity index (χ1v) is 11.3. The zero-order chi connectivity index (χ0) is 23.2. The number of ether oxygens (including phenoxy) is 1. The number of benzene rings is 1. The summed E-state index contributed by atoms with van der Waals surface area (Å²) in [5.74, 6) is 1.27. The molecule has 0 unspecified atom stereocenters. The smallest absolute Gasteiger partial charge is 0.236 e. The van der Waals surface area contributed by atoms with Crippen molar-refractivity contribution in [1.82, 2.24) is 20.3 Å². The number of aromatic nitrogens is 3. The molecule has 8 nitrogen and oxygen atoms in total. The Labute approximate surface area is 194 Å². The lowest BCUT2D eigenvalue weighted by atomic mass is 10.1. The van der Waals surface area contributed by atoms with E-state index in [9.17, 15) is 4.79 Å². The fraction of sp³-hybridized carbons (Fsp3) is 0.360. The van der Waals surface area contributed by atoms with E-state index in [0.717, 1.165) is 59.8 Å². The van der Waals surface area contributed by atoms with Crippen LogP contribution in [0.3, 0.4) is 0 Å². The number of anilines is 1. The summed E-state index contributed by atoms with van der Waals surface area (Å²) in [6.45, 7) is 5.60. The lowest BCUT2D eigenvalue weighted by Gasteiger charge is -2.25. The quantitative estimate of drug-likeness (QED) is 0.511. The molecule has 0 bridgehead atoms. The summed E-state index contributed by atoms with van der Waals surface area (Å²) in [5.41, 5.74) is 10.3. The Hall–Kier alpha value is -3.36. The van der Waals surface area contributed by atoms with Crippen LogP contribution in [-0.4, -0.2) is 46.2 Å². The third-order valence-corrected chi connectivity index (χ3v) is 5.73. The SMILES string of the molecule is Cc1c(NC2CCOCC2)nc(-c2cccc(CNC(=O)[C@H](C)N)c2)nc1-c1ccncc1. The number of hydrogen-bond donors (Lipinski definition) is 3. The average molecular weight is 447 g/mol. The van der Waals surface area contributed by atoms with Crippen LogP contribution in [0.2, 0.25) is 0 Å². The fourth-order valence-corrected chi connectivity index (χ4v) is 3.78. The molecule has 33 heavy (non-hydrogen) atoms. The van der Waals surface area contributed by atoms with Gasteiger partial charge >= 0.3 is 0 Å². The maximum Gasteiger partial charge on any atom is 0.236 e. The topological polar surface area (TPSA) is 115 Å². The molecule has 1 aromatic carbocycles. The summed E-state index contributed by atoms with van der Waals surface area (Å²) in [5, 5.41) is 6.47. The van der Waals surface area contributed by atoms with Gasteiger partial charge in [0.2, 0.25) is 5.91 Å². The van der Waals surface area contributed by atoms with Crippen molar-refractivity contribution in [3.8, 4) is 22.6 Å². The van der Waals surface area contributed by atoms with E-state index >= 15 is 0 Å². The monoisotopic (exact) mass is 446 g/mol. The molecule has 0 radical (unpaired) electrons. The van der Waals surface area contributed by atoms with Gasteiger partial charge in [-0.05, 0) is 50.5 Å². The van der Waals surface area contributed by atoms with Crippen molar-refractivity contribution in [3.05, 3.63) is 59.9 Å². The molecule has 4 rings (SSSR count). The maximum absolute atomic E-state index is 11.9. The van der Waals surface area contributed by atoms with Crippen molar-refractivity contribution >= 4 is 11.7 Å². The van der Waals surface area contributed by atoms with Crippen LogP contribution in [0.15, 0.2) is 48.8 Å². The van der Waals surface area contributed by atoms with Crippen molar-refractivity contribution in [2.24, 2.45) is 5.73 Å². The Kier molecular flexibility index (Phi) is 7.26. The minimum atomic E-state index is -0.546. The Morgan fingerprint density at radius 3 is 2.64 bits per heavy atom. The number of nitrogens with one attached hydrogen (secondary N) is 2. The van der Waals surface area contributed by atoms with Gasteiger partial charge < -0.3 is 21.1 Å². The van der Waals surface area contributed by atoms with E-state index in [0.29, 0.717) is 18.4 Å². The average Bonchev–Trinajstić information content (AvgIpc) is 2.85. The summed E-state index contributed by atoms with van der Waals surface area (Å²) in [4.78, 5) is 25.8. The molecule has 1 aliphatic heterocycles. The molecule has 8 heteroatoms. The highest BCUT2D eigenvalue weighted by Gasteiger charge is 2.19. The normalized spacial score (nSPS) is 15.1. The van der Waals surface area contributed by atoms with Gasteiger partial charge in [-0.25, -0.2) is 9.97 Å². The number of nitrogens with two attached hydrogens (primary N) is 1. The van der Waals surface area contributed by atoms with E-state index in [-0.39, 0.29) is 5.91 Å². The van der Waals surface area contributed by atoms with Crippen LogP contribution in [0.5, 0.6) is 0 Å². The minimum Gasteiger partial charge on any atom is -0.381 e. The van der Waals surface area contributed by atoms with Gasteiger partial charge in [-0.15, -0.1) is 0 Å². The predicted molar refractivity (Wildman–Crippen MR) is 128 cm³/mol. The Balaban J connectivity index is 1.69. The molecule has 1 amide bonds. The first kappa shape index (κ1) is 22.8. The van der Waals surface area contributed by atoms with Crippen molar-refractivity contribution in [3.63, 3.8) is 0 Å². The van der Waals surface area contributed by atoms with Crippen molar-refractivity contribution in [1.29, 1.82) is 0 Å². The standard InChI is InChI=1S/C25H30N6O2/c1-16-22(19-6-10-27-11-7-19)30-24(31-23(16)29-21-8-12-33-13-9-21)20-5-3-4-18(14-20)15-28-25(32)17(2)26/h3-7,10-11,14,17,21H,8-9,12-13,15,26H2,1-2H3,(H,28,32)(H,29,30,31)/t17-/m0/s1. The highest BCUT2D eigenvalue weighted by Crippen LogP contribution is 2.30. The largest absolute Gasteiger partial charge is 0.381 e. The van der Waals surface area contributed by atoms with Crippen LogP contribution in [0.25, 0.3) is 22.6 Å². The summed E-state index contributed by atoms with van der Waals surface area (Å²) in [6.07, 6.45) is 5.42. The molecule has 3 heterocycles. The zero-order valence-electron chi connectivity index (χ0n) is 19.0. The van der Waals surface area contributed by atoms with Gasteiger partial charge in [0.1, 0.15) is 5.82 Å². The van der Waals surface area contributed by atoms with E-state index in [1.54, 1.807) is 19.3 Å². The van der Waals surface area contributed by atoms with Gasteiger partial charge in [-0.2, -0.15) is 0 Å². The molecule has 0 spiro atoms. The molecule has 172 valence electrons. The molecule has 1 atom stereocenters. The van der Waals surface area contributed by atoms with Gasteiger partial charge in [0, 0.05) is 54.9 Å². The minimum absolute atomic E-state index is 0.185. The second-order valence-electron chi connectivity index (χ2n) is 8.34. The predicted octanol–water partition coefficient (Wildman–Crippen LogP) is 3.07. The molecule has 1 aliphatic rings. The summed E-state index contributed by atoms with van der Waals surface area (Å²) < 4.78 is 5.50. The molecular formula is C25H30N6O2. The lowest BCUT2D eigenvalue weighted by Crippen LogP contribution is -2.37. The first-order chi connectivity index (χ1) is 16.0. The molecule has 3 aromatic rings.